The minimum Gasteiger partial charge on any atom is -0.497 e. The third-order valence-corrected chi connectivity index (χ3v) is 1.98. The molecular formula is C12H14O4. The Morgan fingerprint density at radius 2 is 2.31 bits per heavy atom. The van der Waals surface area contributed by atoms with Crippen molar-refractivity contribution in [2.24, 2.45) is 0 Å². The number of allylic oxidation sites excluding steroid dienone is 1. The van der Waals surface area contributed by atoms with E-state index < -0.39 is 5.97 Å². The van der Waals surface area contributed by atoms with Gasteiger partial charge in [-0.3, -0.25) is 0 Å². The van der Waals surface area contributed by atoms with Crippen LogP contribution in [0.1, 0.15) is 5.56 Å². The van der Waals surface area contributed by atoms with E-state index in [2.05, 4.69) is 6.58 Å². The summed E-state index contributed by atoms with van der Waals surface area (Å²) in [5.74, 6) is 0.253. The van der Waals surface area contributed by atoms with Crippen LogP contribution in [0.5, 0.6) is 11.5 Å². The summed E-state index contributed by atoms with van der Waals surface area (Å²) >= 11 is 0. The van der Waals surface area contributed by atoms with E-state index in [1.807, 2.05) is 0 Å². The van der Waals surface area contributed by atoms with Crippen molar-refractivity contribution < 1.29 is 19.4 Å². The van der Waals surface area contributed by atoms with Gasteiger partial charge in [-0.2, -0.15) is 0 Å². The topological polar surface area (TPSA) is 55.8 Å². The first-order valence-corrected chi connectivity index (χ1v) is 4.79. The number of methoxy groups -OCH3 is 1. The highest BCUT2D eigenvalue weighted by Gasteiger charge is 2.06. The Kier molecular flexibility index (Phi) is 4.39. The summed E-state index contributed by atoms with van der Waals surface area (Å²) in [6, 6.07) is 5.23. The highest BCUT2D eigenvalue weighted by molar-refractivity contribution is 5.68. The molecule has 0 radical (unpaired) electrons. The molecule has 0 bridgehead atoms. The summed E-state index contributed by atoms with van der Waals surface area (Å²) in [7, 11) is 1.57. The predicted molar refractivity (Wildman–Crippen MR) is 60.0 cm³/mol. The molecule has 0 heterocycles. The SMILES string of the molecule is C=CCc1cc(OC)ccc1OCC(=O)O. The van der Waals surface area contributed by atoms with E-state index in [4.69, 9.17) is 14.6 Å². The number of carboxylic acid groups (broad SMARTS) is 1. The molecule has 86 valence electrons. The molecule has 0 unspecified atom stereocenters. The van der Waals surface area contributed by atoms with Crippen LogP contribution in [0.15, 0.2) is 30.9 Å². The zero-order chi connectivity index (χ0) is 12.0. The van der Waals surface area contributed by atoms with E-state index >= 15 is 0 Å². The van der Waals surface area contributed by atoms with E-state index in [-0.39, 0.29) is 6.61 Å². The molecule has 0 saturated carbocycles. The van der Waals surface area contributed by atoms with Crippen molar-refractivity contribution in [3.05, 3.63) is 36.4 Å². The van der Waals surface area contributed by atoms with Crippen molar-refractivity contribution in [3.63, 3.8) is 0 Å². The highest BCUT2D eigenvalue weighted by atomic mass is 16.5. The number of ether oxygens (including phenoxy) is 2. The van der Waals surface area contributed by atoms with E-state index in [9.17, 15) is 4.79 Å². The minimum atomic E-state index is -1.000. The second-order valence-electron chi connectivity index (χ2n) is 3.15. The third kappa shape index (κ3) is 3.31. The third-order valence-electron chi connectivity index (χ3n) is 1.98. The maximum absolute atomic E-state index is 10.4. The molecule has 0 aliphatic heterocycles. The van der Waals surface area contributed by atoms with Gasteiger partial charge in [-0.05, 0) is 24.6 Å². The molecule has 16 heavy (non-hydrogen) atoms. The zero-order valence-electron chi connectivity index (χ0n) is 9.10. The Labute approximate surface area is 94.1 Å². The highest BCUT2D eigenvalue weighted by Crippen LogP contribution is 2.24. The Bertz CT molecular complexity index is 385. The molecule has 0 aliphatic carbocycles. The van der Waals surface area contributed by atoms with Gasteiger partial charge in [0.2, 0.25) is 0 Å². The number of benzene rings is 1. The van der Waals surface area contributed by atoms with Crippen molar-refractivity contribution in [1.82, 2.24) is 0 Å². The summed E-state index contributed by atoms with van der Waals surface area (Å²) < 4.78 is 10.2. The molecule has 0 spiro atoms. The van der Waals surface area contributed by atoms with Crippen LogP contribution < -0.4 is 9.47 Å². The smallest absolute Gasteiger partial charge is 0.341 e. The molecule has 0 atom stereocenters. The molecule has 4 heteroatoms. The Morgan fingerprint density at radius 3 is 2.88 bits per heavy atom. The lowest BCUT2D eigenvalue weighted by molar-refractivity contribution is -0.139. The number of hydrogen-bond acceptors (Lipinski definition) is 3. The first-order chi connectivity index (χ1) is 7.67. The van der Waals surface area contributed by atoms with E-state index in [1.165, 1.54) is 0 Å². The molecule has 1 aromatic carbocycles. The van der Waals surface area contributed by atoms with Crippen molar-refractivity contribution >= 4 is 5.97 Å². The minimum absolute atomic E-state index is 0.351. The Hall–Kier alpha value is -1.97. The van der Waals surface area contributed by atoms with Crippen LogP contribution in [0.2, 0.25) is 0 Å². The molecule has 1 N–H and O–H groups in total. The quantitative estimate of drug-likeness (QED) is 0.747. The molecule has 0 aromatic heterocycles. The van der Waals surface area contributed by atoms with E-state index in [1.54, 1.807) is 31.4 Å². The molecular weight excluding hydrogens is 208 g/mol. The van der Waals surface area contributed by atoms with Crippen molar-refractivity contribution in [3.8, 4) is 11.5 Å². The van der Waals surface area contributed by atoms with Gasteiger partial charge in [0.1, 0.15) is 11.5 Å². The molecule has 4 nitrogen and oxygen atoms in total. The van der Waals surface area contributed by atoms with Crippen LogP contribution in [-0.2, 0) is 11.2 Å². The second-order valence-corrected chi connectivity index (χ2v) is 3.15. The summed E-state index contributed by atoms with van der Waals surface area (Å²) in [5, 5.41) is 8.53. The van der Waals surface area contributed by atoms with Gasteiger partial charge in [-0.15, -0.1) is 6.58 Å². The maximum atomic E-state index is 10.4. The van der Waals surface area contributed by atoms with Gasteiger partial charge < -0.3 is 14.6 Å². The Morgan fingerprint density at radius 1 is 1.56 bits per heavy atom. The van der Waals surface area contributed by atoms with E-state index in [0.29, 0.717) is 17.9 Å². The molecule has 0 saturated heterocycles. The summed E-state index contributed by atoms with van der Waals surface area (Å²) in [6.07, 6.45) is 2.33. The van der Waals surface area contributed by atoms with Crippen molar-refractivity contribution in [1.29, 1.82) is 0 Å². The average Bonchev–Trinajstić information content (AvgIpc) is 2.27. The van der Waals surface area contributed by atoms with Gasteiger partial charge >= 0.3 is 5.97 Å². The van der Waals surface area contributed by atoms with Crippen LogP contribution in [0.4, 0.5) is 0 Å². The normalized spacial score (nSPS) is 9.56. The van der Waals surface area contributed by atoms with Crippen LogP contribution in [0, 0.1) is 0 Å². The number of carbonyl (C=O) groups is 1. The van der Waals surface area contributed by atoms with Gasteiger partial charge in [-0.1, -0.05) is 6.08 Å². The molecule has 0 aliphatic rings. The standard InChI is InChI=1S/C12H14O4/c1-3-4-9-7-10(15-2)5-6-11(9)16-8-12(13)14/h3,5-7H,1,4,8H2,2H3,(H,13,14). The van der Waals surface area contributed by atoms with Crippen LogP contribution in [0.25, 0.3) is 0 Å². The fourth-order valence-electron chi connectivity index (χ4n) is 1.28. The fourth-order valence-corrected chi connectivity index (χ4v) is 1.28. The van der Waals surface area contributed by atoms with Crippen molar-refractivity contribution in [2.45, 2.75) is 6.42 Å². The van der Waals surface area contributed by atoms with Gasteiger partial charge in [0.25, 0.3) is 0 Å². The lowest BCUT2D eigenvalue weighted by atomic mass is 10.1. The molecule has 0 amide bonds. The summed E-state index contributed by atoms with van der Waals surface area (Å²) in [4.78, 5) is 10.4. The molecule has 1 aromatic rings. The predicted octanol–water partition coefficient (Wildman–Crippen LogP) is 1.89. The lowest BCUT2D eigenvalue weighted by Gasteiger charge is -2.10. The lowest BCUT2D eigenvalue weighted by Crippen LogP contribution is -2.10. The first kappa shape index (κ1) is 12.1. The van der Waals surface area contributed by atoms with Gasteiger partial charge in [0.05, 0.1) is 7.11 Å². The summed E-state index contributed by atoms with van der Waals surface area (Å²) in [6.45, 7) is 3.28. The van der Waals surface area contributed by atoms with Gasteiger partial charge in [-0.25, -0.2) is 4.79 Å². The average molecular weight is 222 g/mol. The largest absolute Gasteiger partial charge is 0.497 e. The van der Waals surface area contributed by atoms with Crippen molar-refractivity contribution in [2.75, 3.05) is 13.7 Å². The number of carboxylic acids is 1. The van der Waals surface area contributed by atoms with Crippen LogP contribution in [-0.4, -0.2) is 24.8 Å². The number of hydrogen-bond donors (Lipinski definition) is 1. The van der Waals surface area contributed by atoms with Gasteiger partial charge in [0.15, 0.2) is 6.61 Å². The maximum Gasteiger partial charge on any atom is 0.341 e. The molecule has 1 rings (SSSR count). The van der Waals surface area contributed by atoms with Crippen LogP contribution in [0.3, 0.4) is 0 Å². The monoisotopic (exact) mass is 222 g/mol. The van der Waals surface area contributed by atoms with Gasteiger partial charge in [0, 0.05) is 5.56 Å². The second kappa shape index (κ2) is 5.80. The molecule has 0 fully saturated rings. The Balaban J connectivity index is 2.88. The summed E-state index contributed by atoms with van der Waals surface area (Å²) in [5.41, 5.74) is 0.857. The zero-order valence-corrected chi connectivity index (χ0v) is 9.10. The fraction of sp³-hybridized carbons (Fsp3) is 0.250. The van der Waals surface area contributed by atoms with Crippen LogP contribution >= 0.6 is 0 Å². The number of rotatable bonds is 6. The van der Waals surface area contributed by atoms with E-state index in [0.717, 1.165) is 5.56 Å². The first-order valence-electron chi connectivity index (χ1n) is 4.79. The number of aliphatic carboxylic acids is 1.